The van der Waals surface area contributed by atoms with E-state index in [1.54, 1.807) is 6.07 Å². The molecule has 20 heavy (non-hydrogen) atoms. The highest BCUT2D eigenvalue weighted by Crippen LogP contribution is 2.17. The van der Waals surface area contributed by atoms with Crippen molar-refractivity contribution in [3.05, 3.63) is 36.0 Å². The van der Waals surface area contributed by atoms with E-state index < -0.39 is 5.97 Å². The molecule has 0 saturated carbocycles. The predicted octanol–water partition coefficient (Wildman–Crippen LogP) is 2.19. The molecular weight excluding hydrogens is 256 g/mol. The van der Waals surface area contributed by atoms with Gasteiger partial charge in [0.05, 0.1) is 7.11 Å². The summed E-state index contributed by atoms with van der Waals surface area (Å²) in [6.07, 6.45) is 0. The van der Waals surface area contributed by atoms with Crippen molar-refractivity contribution in [3.8, 4) is 0 Å². The Kier molecular flexibility index (Phi) is 4.08. The Morgan fingerprint density at radius 2 is 2.00 bits per heavy atom. The van der Waals surface area contributed by atoms with Crippen molar-refractivity contribution >= 4 is 22.8 Å². The van der Waals surface area contributed by atoms with E-state index >= 15 is 0 Å². The number of rotatable bonds is 4. The Hall–Kier alpha value is -2.30. The minimum atomic E-state index is -0.428. The van der Waals surface area contributed by atoms with Crippen molar-refractivity contribution in [1.82, 2.24) is 9.88 Å². The van der Waals surface area contributed by atoms with Gasteiger partial charge in [-0.2, -0.15) is 0 Å². The molecule has 106 valence electrons. The van der Waals surface area contributed by atoms with Crippen LogP contribution in [0.25, 0.3) is 10.9 Å². The molecule has 5 heteroatoms. The highest BCUT2D eigenvalue weighted by molar-refractivity contribution is 5.99. The second kappa shape index (κ2) is 5.77. The molecule has 0 aliphatic rings. The van der Waals surface area contributed by atoms with Gasteiger partial charge in [0.2, 0.25) is 0 Å². The Labute approximate surface area is 117 Å². The first kappa shape index (κ1) is 14.1. The van der Waals surface area contributed by atoms with Gasteiger partial charge in [-0.3, -0.25) is 9.59 Å². The third-order valence-corrected chi connectivity index (χ3v) is 3.17. The normalized spacial score (nSPS) is 10.8. The molecule has 5 nitrogen and oxygen atoms in total. The number of benzene rings is 1. The van der Waals surface area contributed by atoms with Crippen LogP contribution in [0, 0.1) is 0 Å². The van der Waals surface area contributed by atoms with Crippen LogP contribution in [0.1, 0.15) is 24.3 Å². The first-order chi connectivity index (χ1) is 9.52. The molecule has 0 fully saturated rings. The van der Waals surface area contributed by atoms with E-state index in [2.05, 4.69) is 9.72 Å². The summed E-state index contributed by atoms with van der Waals surface area (Å²) in [5.41, 5.74) is 1.38. The fraction of sp³-hybridized carbons (Fsp3) is 0.333. The zero-order valence-corrected chi connectivity index (χ0v) is 11.8. The van der Waals surface area contributed by atoms with Gasteiger partial charge in [-0.1, -0.05) is 18.2 Å². The van der Waals surface area contributed by atoms with Crippen LogP contribution in [0.2, 0.25) is 0 Å². The van der Waals surface area contributed by atoms with E-state index in [0.29, 0.717) is 5.69 Å². The number of methoxy groups -OCH3 is 1. The van der Waals surface area contributed by atoms with Gasteiger partial charge < -0.3 is 14.6 Å². The summed E-state index contributed by atoms with van der Waals surface area (Å²) in [5.74, 6) is -0.634. The molecule has 1 N–H and O–H groups in total. The summed E-state index contributed by atoms with van der Waals surface area (Å²) < 4.78 is 4.63. The monoisotopic (exact) mass is 274 g/mol. The molecule has 2 rings (SSSR count). The fourth-order valence-corrected chi connectivity index (χ4v) is 2.04. The zero-order chi connectivity index (χ0) is 14.7. The van der Waals surface area contributed by atoms with Crippen molar-refractivity contribution in [3.63, 3.8) is 0 Å². The number of aromatic amines is 1. The summed E-state index contributed by atoms with van der Waals surface area (Å²) in [7, 11) is 1.31. The number of para-hydroxylation sites is 1. The van der Waals surface area contributed by atoms with Gasteiger partial charge in [-0.25, -0.2) is 0 Å². The van der Waals surface area contributed by atoms with Crippen LogP contribution < -0.4 is 0 Å². The summed E-state index contributed by atoms with van der Waals surface area (Å²) >= 11 is 0. The third-order valence-electron chi connectivity index (χ3n) is 3.17. The molecule has 1 aromatic carbocycles. The van der Waals surface area contributed by atoms with E-state index in [0.717, 1.165) is 10.9 Å². The average molecular weight is 274 g/mol. The fourth-order valence-electron chi connectivity index (χ4n) is 2.04. The summed E-state index contributed by atoms with van der Waals surface area (Å²) in [6.45, 7) is 3.68. The van der Waals surface area contributed by atoms with E-state index in [-0.39, 0.29) is 18.5 Å². The number of aromatic nitrogens is 1. The van der Waals surface area contributed by atoms with Gasteiger partial charge in [0, 0.05) is 16.9 Å². The molecule has 1 heterocycles. The van der Waals surface area contributed by atoms with Crippen molar-refractivity contribution in [2.24, 2.45) is 0 Å². The molecule has 1 amide bonds. The van der Waals surface area contributed by atoms with Crippen LogP contribution >= 0.6 is 0 Å². The molecule has 1 aromatic heterocycles. The minimum Gasteiger partial charge on any atom is -0.468 e. The molecule has 0 bridgehead atoms. The van der Waals surface area contributed by atoms with E-state index in [1.807, 2.05) is 38.1 Å². The maximum absolute atomic E-state index is 12.5. The number of hydrogen-bond donors (Lipinski definition) is 1. The van der Waals surface area contributed by atoms with Crippen LogP contribution in [0.5, 0.6) is 0 Å². The number of nitrogens with zero attached hydrogens (tertiary/aromatic N) is 1. The molecule has 0 saturated heterocycles. The number of carbonyl (C=O) groups is 2. The number of hydrogen-bond acceptors (Lipinski definition) is 3. The van der Waals surface area contributed by atoms with Crippen LogP contribution in [-0.2, 0) is 9.53 Å². The molecule has 0 unspecified atom stereocenters. The topological polar surface area (TPSA) is 62.4 Å². The van der Waals surface area contributed by atoms with Gasteiger partial charge in [0.25, 0.3) is 5.91 Å². The van der Waals surface area contributed by atoms with Crippen molar-refractivity contribution in [2.45, 2.75) is 19.9 Å². The molecule has 2 aromatic rings. The average Bonchev–Trinajstić information content (AvgIpc) is 2.87. The molecular formula is C15H18N2O3. The van der Waals surface area contributed by atoms with Gasteiger partial charge >= 0.3 is 5.97 Å². The molecule has 0 aliphatic carbocycles. The minimum absolute atomic E-state index is 0.0532. The first-order valence-corrected chi connectivity index (χ1v) is 6.48. The van der Waals surface area contributed by atoms with Gasteiger partial charge in [0.1, 0.15) is 12.2 Å². The molecule has 0 spiro atoms. The van der Waals surface area contributed by atoms with Gasteiger partial charge in [-0.15, -0.1) is 0 Å². The lowest BCUT2D eigenvalue weighted by Gasteiger charge is -2.24. The maximum Gasteiger partial charge on any atom is 0.325 e. The summed E-state index contributed by atoms with van der Waals surface area (Å²) in [6, 6.07) is 9.37. The van der Waals surface area contributed by atoms with Crippen LogP contribution in [-0.4, -0.2) is 41.5 Å². The van der Waals surface area contributed by atoms with E-state index in [9.17, 15) is 9.59 Å². The predicted molar refractivity (Wildman–Crippen MR) is 76.5 cm³/mol. The number of amides is 1. The van der Waals surface area contributed by atoms with Crippen LogP contribution in [0.3, 0.4) is 0 Å². The van der Waals surface area contributed by atoms with E-state index in [4.69, 9.17) is 0 Å². The Bertz CT molecular complexity index is 598. The number of H-pyrrole nitrogens is 1. The lowest BCUT2D eigenvalue weighted by Crippen LogP contribution is -2.41. The summed E-state index contributed by atoms with van der Waals surface area (Å²) in [4.78, 5) is 28.5. The Balaban J connectivity index is 2.28. The van der Waals surface area contributed by atoms with Crippen LogP contribution in [0.4, 0.5) is 0 Å². The second-order valence-corrected chi connectivity index (χ2v) is 4.87. The van der Waals surface area contributed by atoms with Crippen molar-refractivity contribution in [1.29, 1.82) is 0 Å². The van der Waals surface area contributed by atoms with Gasteiger partial charge in [0.15, 0.2) is 0 Å². The van der Waals surface area contributed by atoms with E-state index in [1.165, 1.54) is 12.0 Å². The summed E-state index contributed by atoms with van der Waals surface area (Å²) in [5, 5.41) is 0.970. The zero-order valence-electron chi connectivity index (χ0n) is 11.8. The maximum atomic E-state index is 12.5. The standard InChI is InChI=1S/C15H18N2O3/c1-10(2)17(9-14(18)20-3)15(19)13-8-11-6-4-5-7-12(11)16-13/h4-8,10,16H,9H2,1-3H3. The van der Waals surface area contributed by atoms with Crippen molar-refractivity contribution < 1.29 is 14.3 Å². The quantitative estimate of drug-likeness (QED) is 0.869. The number of esters is 1. The number of ether oxygens (including phenoxy) is 1. The number of nitrogens with one attached hydrogen (secondary N) is 1. The van der Waals surface area contributed by atoms with Gasteiger partial charge in [-0.05, 0) is 26.0 Å². The SMILES string of the molecule is COC(=O)CN(C(=O)c1cc2ccccc2[nH]1)C(C)C. The number of fused-ring (bicyclic) bond motifs is 1. The Morgan fingerprint density at radius 3 is 2.60 bits per heavy atom. The first-order valence-electron chi connectivity index (χ1n) is 6.48. The highest BCUT2D eigenvalue weighted by Gasteiger charge is 2.23. The molecule has 0 atom stereocenters. The highest BCUT2D eigenvalue weighted by atomic mass is 16.5. The Morgan fingerprint density at radius 1 is 1.30 bits per heavy atom. The third kappa shape index (κ3) is 2.82. The lowest BCUT2D eigenvalue weighted by atomic mass is 10.2. The molecule has 0 aliphatic heterocycles. The largest absolute Gasteiger partial charge is 0.468 e. The molecule has 0 radical (unpaired) electrons. The second-order valence-electron chi connectivity index (χ2n) is 4.87. The van der Waals surface area contributed by atoms with Crippen molar-refractivity contribution in [2.75, 3.05) is 13.7 Å². The lowest BCUT2D eigenvalue weighted by molar-refractivity contribution is -0.141. The van der Waals surface area contributed by atoms with Crippen LogP contribution in [0.15, 0.2) is 30.3 Å². The number of carbonyl (C=O) groups excluding carboxylic acids is 2. The smallest absolute Gasteiger partial charge is 0.325 e.